The number of hydrazine groups is 1. The largest absolute Gasteiger partial charge is 0.342 e. The Morgan fingerprint density at radius 2 is 1.92 bits per heavy atom. The third kappa shape index (κ3) is 3.62. The van der Waals surface area contributed by atoms with E-state index in [0.717, 1.165) is 30.9 Å². The van der Waals surface area contributed by atoms with E-state index in [-0.39, 0.29) is 23.9 Å². The molecule has 1 aromatic carbocycles. The molecule has 0 spiro atoms. The van der Waals surface area contributed by atoms with Crippen molar-refractivity contribution in [3.05, 3.63) is 35.4 Å². The number of carbonyl (C=O) groups excluding carboxylic acids is 1. The molecule has 3 aliphatic rings. The Hall–Kier alpha value is -1.53. The van der Waals surface area contributed by atoms with Gasteiger partial charge in [0.1, 0.15) is 0 Å². The molecule has 4 rings (SSSR count). The first-order valence-electron chi connectivity index (χ1n) is 9.85. The number of likely N-dealkylation sites (tertiary alicyclic amines) is 1. The van der Waals surface area contributed by atoms with Gasteiger partial charge in [0.2, 0.25) is 5.91 Å². The van der Waals surface area contributed by atoms with Crippen molar-refractivity contribution in [1.29, 1.82) is 0 Å². The summed E-state index contributed by atoms with van der Waals surface area (Å²) < 4.78 is 26.9. The van der Waals surface area contributed by atoms with E-state index in [0.29, 0.717) is 13.0 Å². The van der Waals surface area contributed by atoms with Crippen LogP contribution in [0.1, 0.15) is 56.6 Å². The van der Waals surface area contributed by atoms with Crippen LogP contribution in [0.3, 0.4) is 0 Å². The molecule has 2 N–H and O–H groups in total. The van der Waals surface area contributed by atoms with E-state index >= 15 is 0 Å². The van der Waals surface area contributed by atoms with Gasteiger partial charge < -0.3 is 4.90 Å². The van der Waals surface area contributed by atoms with Crippen molar-refractivity contribution in [2.24, 2.45) is 11.8 Å². The molecule has 0 bridgehead atoms. The van der Waals surface area contributed by atoms with Crippen LogP contribution in [0.5, 0.6) is 0 Å². The summed E-state index contributed by atoms with van der Waals surface area (Å²) in [6.07, 6.45) is 7.67. The summed E-state index contributed by atoms with van der Waals surface area (Å²) in [5.74, 6) is -0.520. The average molecular weight is 363 g/mol. The lowest BCUT2D eigenvalue weighted by atomic mass is 9.85. The summed E-state index contributed by atoms with van der Waals surface area (Å²) >= 11 is 0. The maximum absolute atomic E-state index is 13.6. The summed E-state index contributed by atoms with van der Waals surface area (Å²) in [6.45, 7) is 1.43. The van der Waals surface area contributed by atoms with Crippen molar-refractivity contribution in [2.45, 2.75) is 57.0 Å². The van der Waals surface area contributed by atoms with Crippen LogP contribution in [-0.4, -0.2) is 29.9 Å². The van der Waals surface area contributed by atoms with E-state index in [1.165, 1.54) is 37.8 Å². The topological polar surface area (TPSA) is 44.4 Å². The zero-order valence-corrected chi connectivity index (χ0v) is 15.0. The number of benzene rings is 1. The van der Waals surface area contributed by atoms with Gasteiger partial charge in [0, 0.05) is 31.5 Å². The Morgan fingerprint density at radius 3 is 2.69 bits per heavy atom. The Balaban J connectivity index is 1.39. The molecule has 2 aliphatic heterocycles. The molecule has 4 nitrogen and oxygen atoms in total. The molecule has 3 atom stereocenters. The van der Waals surface area contributed by atoms with E-state index in [1.54, 1.807) is 6.07 Å². The number of amides is 1. The Morgan fingerprint density at radius 1 is 1.12 bits per heavy atom. The van der Waals surface area contributed by atoms with Crippen LogP contribution < -0.4 is 10.9 Å². The lowest BCUT2D eigenvalue weighted by Crippen LogP contribution is -2.47. The molecule has 0 aromatic heterocycles. The molecular weight excluding hydrogens is 336 g/mol. The fraction of sp³-hybridized carbons (Fsp3) is 0.650. The van der Waals surface area contributed by atoms with Crippen molar-refractivity contribution in [3.63, 3.8) is 0 Å². The summed E-state index contributed by atoms with van der Waals surface area (Å²) in [4.78, 5) is 14.6. The molecule has 142 valence electrons. The first-order chi connectivity index (χ1) is 12.6. The number of fused-ring (bicyclic) bond motifs is 1. The smallest absolute Gasteiger partial charge is 0.222 e. The lowest BCUT2D eigenvalue weighted by Gasteiger charge is -2.36. The summed E-state index contributed by atoms with van der Waals surface area (Å²) in [5.41, 5.74) is 7.22. The highest BCUT2D eigenvalue weighted by Crippen LogP contribution is 2.35. The normalized spacial score (nSPS) is 29.2. The zero-order valence-electron chi connectivity index (χ0n) is 15.0. The molecule has 1 amide bonds. The maximum Gasteiger partial charge on any atom is 0.222 e. The second-order valence-electron chi connectivity index (χ2n) is 8.03. The van der Waals surface area contributed by atoms with Crippen LogP contribution in [-0.2, 0) is 4.79 Å². The first kappa shape index (κ1) is 17.9. The SMILES string of the molecule is O=C(CCC1CCCC1)N1CCC2NNC(c3ccc(F)c(F)c3)C2C1. The van der Waals surface area contributed by atoms with Crippen molar-refractivity contribution in [2.75, 3.05) is 13.1 Å². The lowest BCUT2D eigenvalue weighted by molar-refractivity contribution is -0.133. The number of rotatable bonds is 4. The van der Waals surface area contributed by atoms with Gasteiger partial charge in [-0.1, -0.05) is 31.7 Å². The minimum absolute atomic E-state index is 0.111. The van der Waals surface area contributed by atoms with Crippen LogP contribution in [0.2, 0.25) is 0 Å². The number of halogens is 2. The molecule has 6 heteroatoms. The van der Waals surface area contributed by atoms with Crippen LogP contribution in [0.25, 0.3) is 0 Å². The van der Waals surface area contributed by atoms with Crippen LogP contribution in [0.15, 0.2) is 18.2 Å². The number of hydrogen-bond acceptors (Lipinski definition) is 3. The number of carbonyl (C=O) groups is 1. The fourth-order valence-electron chi connectivity index (χ4n) is 4.85. The number of nitrogens with zero attached hydrogens (tertiary/aromatic N) is 1. The second-order valence-corrected chi connectivity index (χ2v) is 8.03. The van der Waals surface area contributed by atoms with Gasteiger partial charge in [-0.25, -0.2) is 14.2 Å². The third-order valence-electron chi connectivity index (χ3n) is 6.41. The Kier molecular flexibility index (Phi) is 5.23. The molecule has 1 aliphatic carbocycles. The van der Waals surface area contributed by atoms with Crippen molar-refractivity contribution < 1.29 is 13.6 Å². The van der Waals surface area contributed by atoms with E-state index in [2.05, 4.69) is 10.9 Å². The number of hydrogen-bond donors (Lipinski definition) is 2. The van der Waals surface area contributed by atoms with Gasteiger partial charge in [-0.15, -0.1) is 0 Å². The number of piperidine rings is 1. The molecular formula is C20H27F2N3O. The third-order valence-corrected chi connectivity index (χ3v) is 6.41. The molecule has 3 unspecified atom stereocenters. The Bertz CT molecular complexity index is 662. The molecule has 26 heavy (non-hydrogen) atoms. The molecule has 0 radical (unpaired) electrons. The van der Waals surface area contributed by atoms with Crippen molar-refractivity contribution in [3.8, 4) is 0 Å². The summed E-state index contributed by atoms with van der Waals surface area (Å²) in [5, 5.41) is 0. The molecule has 3 fully saturated rings. The highest BCUT2D eigenvalue weighted by Gasteiger charge is 2.41. The highest BCUT2D eigenvalue weighted by atomic mass is 19.2. The van der Waals surface area contributed by atoms with E-state index < -0.39 is 11.6 Å². The highest BCUT2D eigenvalue weighted by molar-refractivity contribution is 5.76. The quantitative estimate of drug-likeness (QED) is 0.863. The van der Waals surface area contributed by atoms with E-state index in [4.69, 9.17) is 0 Å². The van der Waals surface area contributed by atoms with Gasteiger partial charge in [0.05, 0.1) is 6.04 Å². The summed E-state index contributed by atoms with van der Waals surface area (Å²) in [7, 11) is 0. The Labute approximate surface area is 153 Å². The van der Waals surface area contributed by atoms with Crippen LogP contribution >= 0.6 is 0 Å². The van der Waals surface area contributed by atoms with Gasteiger partial charge >= 0.3 is 0 Å². The first-order valence-corrected chi connectivity index (χ1v) is 9.85. The van der Waals surface area contributed by atoms with Gasteiger partial charge in [-0.3, -0.25) is 10.2 Å². The monoisotopic (exact) mass is 363 g/mol. The molecule has 1 aromatic rings. The fourth-order valence-corrected chi connectivity index (χ4v) is 4.85. The zero-order chi connectivity index (χ0) is 18.1. The predicted molar refractivity (Wildman–Crippen MR) is 95.0 cm³/mol. The minimum Gasteiger partial charge on any atom is -0.342 e. The van der Waals surface area contributed by atoms with Gasteiger partial charge in [-0.05, 0) is 36.5 Å². The van der Waals surface area contributed by atoms with E-state index in [1.807, 2.05) is 4.90 Å². The second kappa shape index (κ2) is 7.61. The van der Waals surface area contributed by atoms with Crippen LogP contribution in [0, 0.1) is 23.5 Å². The molecule has 1 saturated carbocycles. The van der Waals surface area contributed by atoms with Crippen molar-refractivity contribution >= 4 is 5.91 Å². The number of nitrogens with one attached hydrogen (secondary N) is 2. The molecule has 2 heterocycles. The predicted octanol–water partition coefficient (Wildman–Crippen LogP) is 3.30. The average Bonchev–Trinajstić information content (AvgIpc) is 3.31. The summed E-state index contributed by atoms with van der Waals surface area (Å²) in [6, 6.07) is 4.21. The maximum atomic E-state index is 13.6. The van der Waals surface area contributed by atoms with Gasteiger partial charge in [0.25, 0.3) is 0 Å². The van der Waals surface area contributed by atoms with Crippen molar-refractivity contribution in [1.82, 2.24) is 15.8 Å². The minimum atomic E-state index is -0.830. The van der Waals surface area contributed by atoms with E-state index in [9.17, 15) is 13.6 Å². The van der Waals surface area contributed by atoms with Gasteiger partial charge in [-0.2, -0.15) is 0 Å². The standard InChI is InChI=1S/C20H27F2N3O/c21-16-7-6-14(11-17(16)22)20-15-12-25(10-9-18(15)23-24-20)19(26)8-5-13-3-1-2-4-13/h6-7,11,13,15,18,20,23-24H,1-5,8-10,12H2. The van der Waals surface area contributed by atoms with Crippen LogP contribution in [0.4, 0.5) is 8.78 Å². The molecule has 2 saturated heterocycles. The van der Waals surface area contributed by atoms with Gasteiger partial charge in [0.15, 0.2) is 11.6 Å².